The third-order valence-electron chi connectivity index (χ3n) is 5.12. The molecule has 1 aromatic carbocycles. The summed E-state index contributed by atoms with van der Waals surface area (Å²) in [4.78, 5) is 16.4. The van der Waals surface area contributed by atoms with Gasteiger partial charge in [-0.1, -0.05) is 0 Å². The highest BCUT2D eigenvalue weighted by Crippen LogP contribution is 2.27. The quantitative estimate of drug-likeness (QED) is 0.557. The zero-order valence-electron chi connectivity index (χ0n) is 14.4. The van der Waals surface area contributed by atoms with Gasteiger partial charge in [0.15, 0.2) is 0 Å². The molecule has 3 rings (SSSR count). The number of ether oxygens (including phenoxy) is 1. The van der Waals surface area contributed by atoms with Gasteiger partial charge in [0, 0.05) is 37.1 Å². The fraction of sp³-hybridized carbons (Fsp3) is 0.632. The average Bonchev–Trinajstić information content (AvgIpc) is 3.18. The van der Waals surface area contributed by atoms with E-state index in [9.17, 15) is 4.79 Å². The molecule has 0 N–H and O–H groups in total. The van der Waals surface area contributed by atoms with Crippen molar-refractivity contribution in [2.24, 2.45) is 5.92 Å². The lowest BCUT2D eigenvalue weighted by atomic mass is 10.1. The summed E-state index contributed by atoms with van der Waals surface area (Å²) in [5.41, 5.74) is 0.936. The van der Waals surface area contributed by atoms with Crippen molar-refractivity contribution in [3.63, 3.8) is 0 Å². The van der Waals surface area contributed by atoms with Crippen molar-refractivity contribution >= 4 is 23.2 Å². The van der Waals surface area contributed by atoms with Crippen LogP contribution in [-0.4, -0.2) is 49.0 Å². The Hall–Kier alpha value is -1.26. The predicted molar refractivity (Wildman–Crippen MR) is 98.0 cm³/mol. The lowest BCUT2D eigenvalue weighted by Crippen LogP contribution is -2.28. The zero-order valence-corrected chi connectivity index (χ0v) is 15.2. The summed E-state index contributed by atoms with van der Waals surface area (Å²) in [6.45, 7) is 6.10. The molecule has 2 saturated heterocycles. The number of halogens is 1. The number of benzene rings is 1. The summed E-state index contributed by atoms with van der Waals surface area (Å²) >= 11 is 5.88. The molecule has 2 aliphatic heterocycles. The molecule has 0 spiro atoms. The van der Waals surface area contributed by atoms with Gasteiger partial charge in [-0.25, -0.2) is 0 Å². The molecule has 4 nitrogen and oxygen atoms in total. The van der Waals surface area contributed by atoms with Crippen LogP contribution in [0.5, 0.6) is 5.75 Å². The molecular weight excluding hydrogens is 324 g/mol. The highest BCUT2D eigenvalue weighted by atomic mass is 35.5. The summed E-state index contributed by atoms with van der Waals surface area (Å²) in [6.07, 6.45) is 4.25. The topological polar surface area (TPSA) is 32.8 Å². The van der Waals surface area contributed by atoms with Crippen molar-refractivity contribution in [3.05, 3.63) is 24.3 Å². The molecule has 0 saturated carbocycles. The van der Waals surface area contributed by atoms with Crippen LogP contribution in [0.15, 0.2) is 24.3 Å². The second-order valence-electron chi connectivity index (χ2n) is 6.95. The molecule has 2 atom stereocenters. The minimum atomic E-state index is 0.161. The van der Waals surface area contributed by atoms with E-state index in [1.54, 1.807) is 0 Å². The van der Waals surface area contributed by atoms with E-state index in [1.807, 2.05) is 29.2 Å². The average molecular weight is 351 g/mol. The number of alkyl halides is 1. The van der Waals surface area contributed by atoms with Gasteiger partial charge in [-0.3, -0.25) is 4.79 Å². The van der Waals surface area contributed by atoms with Crippen LogP contribution in [0, 0.1) is 5.92 Å². The molecule has 132 valence electrons. The van der Waals surface area contributed by atoms with Gasteiger partial charge < -0.3 is 14.5 Å². The second kappa shape index (κ2) is 8.21. The van der Waals surface area contributed by atoms with Crippen LogP contribution < -0.4 is 9.64 Å². The van der Waals surface area contributed by atoms with Gasteiger partial charge in [0.25, 0.3) is 0 Å². The Morgan fingerprint density at radius 1 is 1.29 bits per heavy atom. The molecule has 0 bridgehead atoms. The van der Waals surface area contributed by atoms with E-state index in [2.05, 4.69) is 11.8 Å². The van der Waals surface area contributed by atoms with E-state index < -0.39 is 0 Å². The first-order chi connectivity index (χ1) is 11.7. The van der Waals surface area contributed by atoms with Crippen molar-refractivity contribution in [1.82, 2.24) is 4.90 Å². The summed E-state index contributed by atoms with van der Waals surface area (Å²) in [5.74, 6) is 1.84. The van der Waals surface area contributed by atoms with Crippen molar-refractivity contribution < 1.29 is 9.53 Å². The molecule has 0 aromatic heterocycles. The standard InChI is InChI=1S/C19H27ClN2O2/c1-15-4-2-9-21(15)10-3-11-24-18-7-5-17(6-8-18)22-14-16(13-20)12-19(22)23/h5-8,15-16H,2-4,9-14H2,1H3. The van der Waals surface area contributed by atoms with E-state index in [-0.39, 0.29) is 11.8 Å². The van der Waals surface area contributed by atoms with Gasteiger partial charge >= 0.3 is 0 Å². The lowest BCUT2D eigenvalue weighted by molar-refractivity contribution is -0.117. The highest BCUT2D eigenvalue weighted by Gasteiger charge is 2.29. The van der Waals surface area contributed by atoms with Crippen LogP contribution in [-0.2, 0) is 4.79 Å². The van der Waals surface area contributed by atoms with Crippen LogP contribution in [0.25, 0.3) is 0 Å². The van der Waals surface area contributed by atoms with E-state index in [0.717, 1.165) is 43.6 Å². The van der Waals surface area contributed by atoms with Crippen molar-refractivity contribution in [2.75, 3.05) is 37.0 Å². The van der Waals surface area contributed by atoms with Crippen LogP contribution in [0.3, 0.4) is 0 Å². The fourth-order valence-corrected chi connectivity index (χ4v) is 3.85. The zero-order chi connectivity index (χ0) is 16.9. The molecule has 0 radical (unpaired) electrons. The predicted octanol–water partition coefficient (Wildman–Crippen LogP) is 3.53. The molecule has 24 heavy (non-hydrogen) atoms. The monoisotopic (exact) mass is 350 g/mol. The van der Waals surface area contributed by atoms with Gasteiger partial charge in [0.1, 0.15) is 5.75 Å². The summed E-state index contributed by atoms with van der Waals surface area (Å²) in [7, 11) is 0. The third kappa shape index (κ3) is 4.22. The first kappa shape index (κ1) is 17.6. The Kier molecular flexibility index (Phi) is 6.01. The van der Waals surface area contributed by atoms with Gasteiger partial charge in [-0.2, -0.15) is 0 Å². The molecule has 2 heterocycles. The smallest absolute Gasteiger partial charge is 0.227 e. The number of nitrogens with zero attached hydrogens (tertiary/aromatic N) is 2. The summed E-state index contributed by atoms with van der Waals surface area (Å²) < 4.78 is 5.84. The minimum absolute atomic E-state index is 0.161. The number of carbonyl (C=O) groups is 1. The first-order valence-electron chi connectivity index (χ1n) is 9.00. The normalized spacial score (nSPS) is 24.8. The van der Waals surface area contributed by atoms with E-state index in [4.69, 9.17) is 16.3 Å². The number of hydrogen-bond acceptors (Lipinski definition) is 3. The third-order valence-corrected chi connectivity index (χ3v) is 5.56. The van der Waals surface area contributed by atoms with Crippen LogP contribution >= 0.6 is 11.6 Å². The van der Waals surface area contributed by atoms with Crippen LogP contribution in [0.2, 0.25) is 0 Å². The van der Waals surface area contributed by atoms with Gasteiger partial charge in [-0.15, -0.1) is 11.6 Å². The first-order valence-corrected chi connectivity index (χ1v) is 9.54. The largest absolute Gasteiger partial charge is 0.494 e. The SMILES string of the molecule is CC1CCCN1CCCOc1ccc(N2CC(CCl)CC2=O)cc1. The Balaban J connectivity index is 1.44. The Morgan fingerprint density at radius 2 is 2.08 bits per heavy atom. The number of likely N-dealkylation sites (tertiary alicyclic amines) is 1. The maximum absolute atomic E-state index is 12.0. The van der Waals surface area contributed by atoms with Gasteiger partial charge in [0.05, 0.1) is 6.61 Å². The number of hydrogen-bond donors (Lipinski definition) is 0. The van der Waals surface area contributed by atoms with Crippen LogP contribution in [0.1, 0.15) is 32.6 Å². The van der Waals surface area contributed by atoms with Crippen molar-refractivity contribution in [2.45, 2.75) is 38.6 Å². The number of amides is 1. The molecule has 5 heteroatoms. The molecule has 2 fully saturated rings. The maximum atomic E-state index is 12.0. The lowest BCUT2D eigenvalue weighted by Gasteiger charge is -2.20. The number of rotatable bonds is 7. The molecular formula is C19H27ClN2O2. The molecule has 1 aromatic rings. The second-order valence-corrected chi connectivity index (χ2v) is 7.26. The van der Waals surface area contributed by atoms with E-state index in [1.165, 1.54) is 19.4 Å². The Bertz CT molecular complexity index is 549. The Morgan fingerprint density at radius 3 is 2.71 bits per heavy atom. The number of carbonyl (C=O) groups excluding carboxylic acids is 1. The summed E-state index contributed by atoms with van der Waals surface area (Å²) in [5, 5.41) is 0. The van der Waals surface area contributed by atoms with Crippen molar-refractivity contribution in [1.29, 1.82) is 0 Å². The molecule has 2 unspecified atom stereocenters. The van der Waals surface area contributed by atoms with E-state index >= 15 is 0 Å². The molecule has 0 aliphatic carbocycles. The van der Waals surface area contributed by atoms with Gasteiger partial charge in [0.2, 0.25) is 5.91 Å². The van der Waals surface area contributed by atoms with Gasteiger partial charge in [-0.05, 0) is 62.9 Å². The number of anilines is 1. The minimum Gasteiger partial charge on any atom is -0.494 e. The van der Waals surface area contributed by atoms with Crippen molar-refractivity contribution in [3.8, 4) is 5.75 Å². The Labute approximate surface area is 149 Å². The maximum Gasteiger partial charge on any atom is 0.227 e. The van der Waals surface area contributed by atoms with E-state index in [0.29, 0.717) is 12.3 Å². The fourth-order valence-electron chi connectivity index (χ4n) is 3.64. The highest BCUT2D eigenvalue weighted by molar-refractivity contribution is 6.18. The summed E-state index contributed by atoms with van der Waals surface area (Å²) in [6, 6.07) is 8.56. The molecule has 2 aliphatic rings. The molecule has 1 amide bonds. The van der Waals surface area contributed by atoms with Crippen LogP contribution in [0.4, 0.5) is 5.69 Å².